The predicted molar refractivity (Wildman–Crippen MR) is 96.7 cm³/mol. The highest BCUT2D eigenvalue weighted by atomic mass is 15.1. The van der Waals surface area contributed by atoms with Crippen molar-refractivity contribution in [1.82, 2.24) is 9.55 Å². The van der Waals surface area contributed by atoms with Crippen LogP contribution in [0.25, 0.3) is 17.1 Å². The molecule has 0 radical (unpaired) electrons. The van der Waals surface area contributed by atoms with Crippen molar-refractivity contribution in [2.75, 3.05) is 17.6 Å². The Morgan fingerprint density at radius 3 is 2.65 bits per heavy atom. The zero-order valence-corrected chi connectivity index (χ0v) is 13.5. The summed E-state index contributed by atoms with van der Waals surface area (Å²) in [5, 5.41) is 3.42. The molecule has 0 amide bonds. The Balaban J connectivity index is 1.97. The molecule has 3 aromatic rings. The first-order chi connectivity index (χ1) is 11.1. The molecule has 0 aliphatic carbocycles. The van der Waals surface area contributed by atoms with Gasteiger partial charge < -0.3 is 11.1 Å². The van der Waals surface area contributed by atoms with Crippen LogP contribution < -0.4 is 11.1 Å². The second-order valence-electron chi connectivity index (χ2n) is 6.03. The van der Waals surface area contributed by atoms with Crippen LogP contribution in [0.3, 0.4) is 0 Å². The van der Waals surface area contributed by atoms with Gasteiger partial charge in [-0.05, 0) is 24.1 Å². The van der Waals surface area contributed by atoms with E-state index >= 15 is 0 Å². The highest BCUT2D eigenvalue weighted by Crippen LogP contribution is 2.26. The lowest BCUT2D eigenvalue weighted by molar-refractivity contribution is 0.689. The van der Waals surface area contributed by atoms with E-state index in [-0.39, 0.29) is 0 Å². The molecule has 0 saturated carbocycles. The molecule has 4 heteroatoms. The number of imidazole rings is 1. The van der Waals surface area contributed by atoms with Crippen LogP contribution in [0.15, 0.2) is 60.9 Å². The standard InChI is InChI=1S/C19H22N4/c1-14(2)13-22-18-12-16(8-9-17(18)20)23-11-10-21-19(23)15-6-4-3-5-7-15/h3-12,14,22H,13,20H2,1-2H3. The molecule has 23 heavy (non-hydrogen) atoms. The fraction of sp³-hybridized carbons (Fsp3) is 0.211. The molecule has 1 heterocycles. The molecule has 0 aliphatic rings. The molecule has 0 saturated heterocycles. The first kappa shape index (κ1) is 15.2. The summed E-state index contributed by atoms with van der Waals surface area (Å²) in [4.78, 5) is 4.50. The van der Waals surface area contributed by atoms with Crippen LogP contribution >= 0.6 is 0 Å². The third-order valence-electron chi connectivity index (χ3n) is 3.69. The molecule has 3 rings (SSSR count). The number of hydrogen-bond acceptors (Lipinski definition) is 3. The Labute approximate surface area is 137 Å². The minimum atomic E-state index is 0.561. The number of aromatic nitrogens is 2. The van der Waals surface area contributed by atoms with E-state index in [0.29, 0.717) is 5.92 Å². The first-order valence-electron chi connectivity index (χ1n) is 7.87. The molecule has 0 atom stereocenters. The Morgan fingerprint density at radius 1 is 1.13 bits per heavy atom. The van der Waals surface area contributed by atoms with Gasteiger partial charge in [-0.2, -0.15) is 0 Å². The maximum absolute atomic E-state index is 6.09. The van der Waals surface area contributed by atoms with Gasteiger partial charge in [-0.1, -0.05) is 44.2 Å². The van der Waals surface area contributed by atoms with Crippen molar-refractivity contribution in [1.29, 1.82) is 0 Å². The number of nitrogen functional groups attached to an aromatic ring is 1. The maximum atomic E-state index is 6.09. The normalized spacial score (nSPS) is 10.9. The largest absolute Gasteiger partial charge is 0.397 e. The summed E-state index contributed by atoms with van der Waals surface area (Å²) in [6.45, 7) is 5.25. The van der Waals surface area contributed by atoms with Crippen LogP contribution in [-0.4, -0.2) is 16.1 Å². The third kappa shape index (κ3) is 3.37. The molecular weight excluding hydrogens is 284 g/mol. The highest BCUT2D eigenvalue weighted by molar-refractivity contribution is 5.70. The van der Waals surface area contributed by atoms with Crippen molar-refractivity contribution in [3.8, 4) is 17.1 Å². The van der Waals surface area contributed by atoms with Gasteiger partial charge in [0.1, 0.15) is 5.82 Å². The van der Waals surface area contributed by atoms with Crippen LogP contribution in [0, 0.1) is 5.92 Å². The molecule has 118 valence electrons. The maximum Gasteiger partial charge on any atom is 0.144 e. The van der Waals surface area contributed by atoms with Crippen molar-refractivity contribution in [2.24, 2.45) is 5.92 Å². The van der Waals surface area contributed by atoms with E-state index < -0.39 is 0 Å². The average molecular weight is 306 g/mol. The van der Waals surface area contributed by atoms with Gasteiger partial charge in [0.2, 0.25) is 0 Å². The predicted octanol–water partition coefficient (Wildman–Crippen LogP) is 4.19. The third-order valence-corrected chi connectivity index (χ3v) is 3.69. The summed E-state index contributed by atoms with van der Waals surface area (Å²) in [6.07, 6.45) is 3.79. The van der Waals surface area contributed by atoms with Crippen molar-refractivity contribution in [3.63, 3.8) is 0 Å². The minimum absolute atomic E-state index is 0.561. The molecule has 0 spiro atoms. The van der Waals surface area contributed by atoms with Gasteiger partial charge in [0.15, 0.2) is 0 Å². The molecule has 0 unspecified atom stereocenters. The smallest absolute Gasteiger partial charge is 0.144 e. The molecule has 0 aliphatic heterocycles. The zero-order chi connectivity index (χ0) is 16.2. The van der Waals surface area contributed by atoms with Gasteiger partial charge in [-0.15, -0.1) is 0 Å². The lowest BCUT2D eigenvalue weighted by Gasteiger charge is -2.14. The first-order valence-corrected chi connectivity index (χ1v) is 7.87. The van der Waals surface area contributed by atoms with E-state index in [2.05, 4.69) is 46.9 Å². The molecule has 0 bridgehead atoms. The van der Waals surface area contributed by atoms with Gasteiger partial charge in [0, 0.05) is 30.2 Å². The zero-order valence-electron chi connectivity index (χ0n) is 13.5. The lowest BCUT2D eigenvalue weighted by atomic mass is 10.2. The van der Waals surface area contributed by atoms with E-state index in [1.807, 2.05) is 42.7 Å². The molecule has 3 N–H and O–H groups in total. The van der Waals surface area contributed by atoms with E-state index in [1.54, 1.807) is 0 Å². The SMILES string of the molecule is CC(C)CNc1cc(-n2ccnc2-c2ccccc2)ccc1N. The van der Waals surface area contributed by atoms with Crippen molar-refractivity contribution in [2.45, 2.75) is 13.8 Å². The van der Waals surface area contributed by atoms with Crippen LogP contribution in [-0.2, 0) is 0 Å². The minimum Gasteiger partial charge on any atom is -0.397 e. The number of nitrogens with one attached hydrogen (secondary N) is 1. The molecule has 4 nitrogen and oxygen atoms in total. The Bertz CT molecular complexity index is 775. The van der Waals surface area contributed by atoms with Gasteiger partial charge in [-0.25, -0.2) is 4.98 Å². The molecule has 1 aromatic heterocycles. The fourth-order valence-corrected chi connectivity index (χ4v) is 2.47. The number of anilines is 2. The van der Waals surface area contributed by atoms with E-state index in [9.17, 15) is 0 Å². The Kier molecular flexibility index (Phi) is 4.33. The number of rotatable bonds is 5. The lowest BCUT2D eigenvalue weighted by Crippen LogP contribution is -2.10. The summed E-state index contributed by atoms with van der Waals surface area (Å²) in [6, 6.07) is 16.2. The number of nitrogens with zero attached hydrogens (tertiary/aromatic N) is 2. The number of benzene rings is 2. The summed E-state index contributed by atoms with van der Waals surface area (Å²) in [5.74, 6) is 1.48. The fourth-order valence-electron chi connectivity index (χ4n) is 2.47. The van der Waals surface area contributed by atoms with E-state index in [4.69, 9.17) is 5.73 Å². The highest BCUT2D eigenvalue weighted by Gasteiger charge is 2.09. The summed E-state index contributed by atoms with van der Waals surface area (Å²) < 4.78 is 2.08. The van der Waals surface area contributed by atoms with Gasteiger partial charge in [-0.3, -0.25) is 4.57 Å². The van der Waals surface area contributed by atoms with Crippen LogP contribution in [0.5, 0.6) is 0 Å². The Hall–Kier alpha value is -2.75. The molecule has 0 fully saturated rings. The summed E-state index contributed by atoms with van der Waals surface area (Å²) >= 11 is 0. The average Bonchev–Trinajstić information content (AvgIpc) is 3.04. The van der Waals surface area contributed by atoms with Crippen LogP contribution in [0.1, 0.15) is 13.8 Å². The molecular formula is C19H22N4. The van der Waals surface area contributed by atoms with Gasteiger partial charge >= 0.3 is 0 Å². The summed E-state index contributed by atoms with van der Waals surface area (Å²) in [5.41, 5.74) is 9.95. The quantitative estimate of drug-likeness (QED) is 0.695. The van der Waals surface area contributed by atoms with Crippen molar-refractivity contribution < 1.29 is 0 Å². The van der Waals surface area contributed by atoms with Crippen molar-refractivity contribution in [3.05, 3.63) is 60.9 Å². The number of nitrogens with two attached hydrogens (primary N) is 1. The number of hydrogen-bond donors (Lipinski definition) is 2. The van der Waals surface area contributed by atoms with E-state index in [0.717, 1.165) is 35.0 Å². The summed E-state index contributed by atoms with van der Waals surface area (Å²) in [7, 11) is 0. The van der Waals surface area contributed by atoms with Gasteiger partial charge in [0.25, 0.3) is 0 Å². The molecule has 2 aromatic carbocycles. The topological polar surface area (TPSA) is 55.9 Å². The van der Waals surface area contributed by atoms with Crippen LogP contribution in [0.4, 0.5) is 11.4 Å². The van der Waals surface area contributed by atoms with Gasteiger partial charge in [0.05, 0.1) is 11.4 Å². The second kappa shape index (κ2) is 6.57. The van der Waals surface area contributed by atoms with Crippen molar-refractivity contribution >= 4 is 11.4 Å². The van der Waals surface area contributed by atoms with E-state index in [1.165, 1.54) is 0 Å². The Morgan fingerprint density at radius 2 is 1.91 bits per heavy atom. The second-order valence-corrected chi connectivity index (χ2v) is 6.03. The monoisotopic (exact) mass is 306 g/mol. The van der Waals surface area contributed by atoms with Crippen LogP contribution in [0.2, 0.25) is 0 Å².